The van der Waals surface area contributed by atoms with Crippen LogP contribution >= 0.6 is 0 Å². The van der Waals surface area contributed by atoms with Crippen LogP contribution in [0.5, 0.6) is 11.5 Å². The molecule has 282 valence electrons. The summed E-state index contributed by atoms with van der Waals surface area (Å²) < 4.78 is 40.2. The molecule has 3 aromatic rings. The summed E-state index contributed by atoms with van der Waals surface area (Å²) in [5.74, 6) is -0.219. The van der Waals surface area contributed by atoms with Crippen LogP contribution in [0.2, 0.25) is 0 Å². The zero-order chi connectivity index (χ0) is 37.7. The van der Waals surface area contributed by atoms with E-state index in [9.17, 15) is 22.8 Å². The third-order valence-corrected chi connectivity index (χ3v) is 12.7. The maximum absolute atomic E-state index is 14.3. The van der Waals surface area contributed by atoms with Gasteiger partial charge in [0.15, 0.2) is 0 Å². The van der Waals surface area contributed by atoms with E-state index in [-0.39, 0.29) is 37.3 Å². The summed E-state index contributed by atoms with van der Waals surface area (Å²) in [4.78, 5) is 54.9. The highest BCUT2D eigenvalue weighted by molar-refractivity contribution is 7.91. The van der Waals surface area contributed by atoms with E-state index in [1.165, 1.54) is 4.90 Å². The van der Waals surface area contributed by atoms with Crippen molar-refractivity contribution in [3.05, 3.63) is 59.8 Å². The molecular formula is C39H48N6O7S. The Labute approximate surface area is 310 Å². The number of methoxy groups -OCH3 is 1. The lowest BCUT2D eigenvalue weighted by molar-refractivity contribution is -0.131. The van der Waals surface area contributed by atoms with E-state index in [1.807, 2.05) is 55.5 Å². The van der Waals surface area contributed by atoms with Gasteiger partial charge in [0.25, 0.3) is 5.91 Å². The van der Waals surface area contributed by atoms with Crippen LogP contribution in [0.3, 0.4) is 0 Å². The first-order chi connectivity index (χ1) is 25.3. The molecule has 2 aliphatic heterocycles. The number of sulfonamides is 1. The predicted octanol–water partition coefficient (Wildman–Crippen LogP) is 4.83. The van der Waals surface area contributed by atoms with Gasteiger partial charge in [-0.25, -0.2) is 18.2 Å². The highest BCUT2D eigenvalue weighted by Gasteiger charge is 2.62. The Kier molecular flexibility index (Phi) is 9.85. The van der Waals surface area contributed by atoms with Gasteiger partial charge in [0.05, 0.1) is 35.8 Å². The van der Waals surface area contributed by atoms with Crippen LogP contribution in [0, 0.1) is 12.8 Å². The monoisotopic (exact) mass is 744 g/mol. The van der Waals surface area contributed by atoms with Crippen LogP contribution in [-0.4, -0.2) is 96.2 Å². The topological polar surface area (TPSA) is 160 Å². The summed E-state index contributed by atoms with van der Waals surface area (Å²) >= 11 is 0. The zero-order valence-electron chi connectivity index (χ0n) is 30.9. The Morgan fingerprint density at radius 1 is 1.08 bits per heavy atom. The number of nitrogens with zero attached hydrogens (tertiary/aromatic N) is 4. The maximum Gasteiger partial charge on any atom is 0.320 e. The SMILES string of the molecule is COc1ccc2c(O[C@@H]3C[C@H]4C(=O)N[C@]5(C(=O)NS(=O)(=O)C6CC6)CC5/C=C\CCCCN(C)C(=O)N4C3)cc(-c3cccc(C(C)C)n3)nc2c1C. The van der Waals surface area contributed by atoms with E-state index in [0.717, 1.165) is 35.9 Å². The molecule has 1 unspecified atom stereocenters. The van der Waals surface area contributed by atoms with Crippen LogP contribution in [0.1, 0.15) is 76.0 Å². The molecule has 0 radical (unpaired) electrons. The number of hydrogen-bond donors (Lipinski definition) is 2. The van der Waals surface area contributed by atoms with Gasteiger partial charge >= 0.3 is 6.03 Å². The molecule has 4 atom stereocenters. The van der Waals surface area contributed by atoms with E-state index in [4.69, 9.17) is 19.4 Å². The number of hydrogen-bond acceptors (Lipinski definition) is 9. The van der Waals surface area contributed by atoms with Crippen LogP contribution in [0.25, 0.3) is 22.3 Å². The van der Waals surface area contributed by atoms with Crippen LogP contribution in [0.15, 0.2) is 48.6 Å². The Morgan fingerprint density at radius 2 is 1.87 bits per heavy atom. The molecule has 2 N–H and O–H groups in total. The number of fused-ring (bicyclic) bond motifs is 3. The third-order valence-electron chi connectivity index (χ3n) is 10.9. The minimum absolute atomic E-state index is 0.120. The summed E-state index contributed by atoms with van der Waals surface area (Å²) in [7, 11) is -0.510. The van der Waals surface area contributed by atoms with E-state index < -0.39 is 44.8 Å². The third kappa shape index (κ3) is 7.29. The summed E-state index contributed by atoms with van der Waals surface area (Å²) in [6, 6.07) is 10.2. The molecule has 53 heavy (non-hydrogen) atoms. The molecule has 4 amide bonds. The van der Waals surface area contributed by atoms with Crippen LogP contribution in [0.4, 0.5) is 4.79 Å². The first-order valence-corrected chi connectivity index (χ1v) is 20.0. The fourth-order valence-corrected chi connectivity index (χ4v) is 8.78. The normalized spacial score (nSPS) is 25.7. The molecule has 14 heteroatoms. The number of pyridine rings is 2. The number of carbonyl (C=O) groups excluding carboxylic acids is 3. The highest BCUT2D eigenvalue weighted by atomic mass is 32.2. The first kappa shape index (κ1) is 36.6. The van der Waals surface area contributed by atoms with E-state index in [1.54, 1.807) is 19.1 Å². The van der Waals surface area contributed by atoms with E-state index in [2.05, 4.69) is 23.9 Å². The largest absolute Gasteiger partial charge is 0.496 e. The van der Waals surface area contributed by atoms with Gasteiger partial charge in [0, 0.05) is 48.6 Å². The number of nitrogens with one attached hydrogen (secondary N) is 2. The van der Waals surface area contributed by atoms with E-state index in [0.29, 0.717) is 47.8 Å². The van der Waals surface area contributed by atoms with Gasteiger partial charge in [0.2, 0.25) is 15.9 Å². The highest BCUT2D eigenvalue weighted by Crippen LogP contribution is 2.46. The zero-order valence-corrected chi connectivity index (χ0v) is 31.7. The number of amides is 4. The molecule has 3 fully saturated rings. The predicted molar refractivity (Wildman–Crippen MR) is 200 cm³/mol. The van der Waals surface area contributed by atoms with Gasteiger partial charge < -0.3 is 24.6 Å². The number of urea groups is 1. The van der Waals surface area contributed by atoms with Crippen molar-refractivity contribution in [1.82, 2.24) is 29.8 Å². The van der Waals surface area contributed by atoms with Crippen molar-refractivity contribution in [3.8, 4) is 22.9 Å². The molecule has 1 aromatic carbocycles. The fraction of sp³-hybridized carbons (Fsp3) is 0.513. The Bertz CT molecular complexity index is 2080. The average molecular weight is 745 g/mol. The van der Waals surface area contributed by atoms with Crippen molar-refractivity contribution >= 4 is 38.8 Å². The number of benzene rings is 1. The Hall–Kier alpha value is -4.72. The maximum atomic E-state index is 14.3. The molecule has 2 aliphatic carbocycles. The molecule has 4 aliphatic rings. The van der Waals surface area contributed by atoms with Gasteiger partial charge in [-0.1, -0.05) is 32.1 Å². The van der Waals surface area contributed by atoms with E-state index >= 15 is 0 Å². The number of allylic oxidation sites excluding steroid dienone is 1. The molecule has 13 nitrogen and oxygen atoms in total. The smallest absolute Gasteiger partial charge is 0.320 e. The summed E-state index contributed by atoms with van der Waals surface area (Å²) in [5.41, 5.74) is 2.31. The van der Waals surface area contributed by atoms with Gasteiger partial charge in [-0.3, -0.25) is 19.3 Å². The van der Waals surface area contributed by atoms with Crippen molar-refractivity contribution < 1.29 is 32.3 Å². The number of ether oxygens (including phenoxy) is 2. The standard InChI is InChI=1S/C39H48N6O7S/c1-23(2)29-12-10-13-30(40-29)31-20-34(28-16-17-33(51-5)24(3)35(28)41-31)52-26-19-32-36(46)42-39(37(47)43-53(49,50)27-14-15-27)21-25(39)11-8-6-7-9-18-44(4)38(48)45(32)22-26/h8,10-13,16-17,20,23,25-27,32H,6-7,9,14-15,18-19,21-22H2,1-5H3,(H,42,46)(H,43,47)/b11-8-/t25?,26-,32+,39-/m1/s1. The lowest BCUT2D eigenvalue weighted by Gasteiger charge is -2.30. The molecule has 0 spiro atoms. The van der Waals surface area contributed by atoms with Crippen molar-refractivity contribution in [2.24, 2.45) is 5.92 Å². The second-order valence-corrected chi connectivity index (χ2v) is 17.1. The molecule has 2 aromatic heterocycles. The quantitative estimate of drug-likeness (QED) is 0.308. The van der Waals surface area contributed by atoms with Crippen molar-refractivity contribution in [1.29, 1.82) is 0 Å². The van der Waals surface area contributed by atoms with Crippen LogP contribution in [-0.2, 0) is 19.6 Å². The Balaban J connectivity index is 1.22. The minimum atomic E-state index is -3.84. The summed E-state index contributed by atoms with van der Waals surface area (Å²) in [6.45, 7) is 6.73. The van der Waals surface area contributed by atoms with Crippen LogP contribution < -0.4 is 19.5 Å². The second kappa shape index (κ2) is 14.3. The van der Waals surface area contributed by atoms with Gasteiger partial charge in [-0.2, -0.15) is 0 Å². The lowest BCUT2D eigenvalue weighted by Crippen LogP contribution is -2.57. The summed E-state index contributed by atoms with van der Waals surface area (Å²) in [5, 5.41) is 3.07. The van der Waals surface area contributed by atoms with Crippen molar-refractivity contribution in [2.45, 2.75) is 94.6 Å². The number of carbonyl (C=O) groups is 3. The van der Waals surface area contributed by atoms with Gasteiger partial charge in [0.1, 0.15) is 29.2 Å². The van der Waals surface area contributed by atoms with Crippen molar-refractivity contribution in [2.75, 3.05) is 27.2 Å². The average Bonchev–Trinajstić information content (AvgIpc) is 4.06. The molecule has 0 bridgehead atoms. The minimum Gasteiger partial charge on any atom is -0.496 e. The molecule has 1 saturated heterocycles. The summed E-state index contributed by atoms with van der Waals surface area (Å²) in [6.07, 6.45) is 7.02. The second-order valence-electron chi connectivity index (χ2n) is 15.1. The Morgan fingerprint density at radius 3 is 2.60 bits per heavy atom. The molecule has 2 saturated carbocycles. The van der Waals surface area contributed by atoms with Crippen molar-refractivity contribution in [3.63, 3.8) is 0 Å². The van der Waals surface area contributed by atoms with Gasteiger partial charge in [-0.15, -0.1) is 0 Å². The van der Waals surface area contributed by atoms with Gasteiger partial charge in [-0.05, 0) is 75.6 Å². The molecule has 7 rings (SSSR count). The molecule has 4 heterocycles. The molecular weight excluding hydrogens is 697 g/mol. The fourth-order valence-electron chi connectivity index (χ4n) is 7.42. The first-order valence-electron chi connectivity index (χ1n) is 18.5. The lowest BCUT2D eigenvalue weighted by atomic mass is 10.1. The number of aromatic nitrogens is 2. The number of rotatable bonds is 8. The number of aryl methyl sites for hydroxylation is 1.